The van der Waals surface area contributed by atoms with Crippen LogP contribution in [-0.2, 0) is 10.0 Å². The summed E-state index contributed by atoms with van der Waals surface area (Å²) in [6, 6.07) is -0.508. The Bertz CT molecular complexity index is 585. The van der Waals surface area contributed by atoms with Gasteiger partial charge in [-0.3, -0.25) is 0 Å². The van der Waals surface area contributed by atoms with Crippen LogP contribution in [0, 0.1) is 13.8 Å². The summed E-state index contributed by atoms with van der Waals surface area (Å²) in [6.07, 6.45) is 1.40. The minimum absolute atomic E-state index is 0.0497. The Balaban J connectivity index is 3.41. The lowest BCUT2D eigenvalue weighted by atomic mass is 10.2. The Morgan fingerprint density at radius 1 is 1.44 bits per heavy atom. The first-order chi connectivity index (χ1) is 8.20. The Morgan fingerprint density at radius 2 is 2.00 bits per heavy atom. The van der Waals surface area contributed by atoms with Crippen LogP contribution in [0.15, 0.2) is 22.0 Å². The van der Waals surface area contributed by atoms with Crippen molar-refractivity contribution in [2.45, 2.75) is 31.7 Å². The second-order valence-electron chi connectivity index (χ2n) is 3.87. The minimum Gasteiger partial charge on any atom is -0.478 e. The van der Waals surface area contributed by atoms with Crippen molar-refractivity contribution in [1.29, 1.82) is 0 Å². The van der Waals surface area contributed by atoms with Gasteiger partial charge < -0.3 is 9.52 Å². The molecule has 0 spiro atoms. The number of hydrogen-bond donors (Lipinski definition) is 2. The predicted octanol–water partition coefficient (Wildman–Crippen LogP) is 1.45. The SMILES string of the molecule is C=CC(C)NS(=O)(=O)c1c(C)oc(C)c1C(=O)O. The zero-order valence-electron chi connectivity index (χ0n) is 10.4. The fourth-order valence-corrected chi connectivity index (χ4v) is 3.21. The van der Waals surface area contributed by atoms with Gasteiger partial charge in [0.1, 0.15) is 22.0 Å². The first-order valence-corrected chi connectivity index (χ1v) is 6.67. The Kier molecular flexibility index (Phi) is 3.98. The molecule has 1 atom stereocenters. The van der Waals surface area contributed by atoms with Crippen LogP contribution in [0.4, 0.5) is 0 Å². The van der Waals surface area contributed by atoms with Crippen LogP contribution in [0.3, 0.4) is 0 Å². The molecule has 1 unspecified atom stereocenters. The topological polar surface area (TPSA) is 96.6 Å². The molecule has 18 heavy (non-hydrogen) atoms. The zero-order chi connectivity index (χ0) is 14.1. The molecule has 0 bridgehead atoms. The highest BCUT2D eigenvalue weighted by atomic mass is 32.2. The average molecular weight is 273 g/mol. The number of aryl methyl sites for hydroxylation is 2. The fourth-order valence-electron chi connectivity index (χ4n) is 1.59. The molecule has 2 N–H and O–H groups in total. The van der Waals surface area contributed by atoms with Gasteiger partial charge >= 0.3 is 5.97 Å². The highest BCUT2D eigenvalue weighted by Gasteiger charge is 2.31. The number of nitrogens with one attached hydrogen (secondary N) is 1. The van der Waals surface area contributed by atoms with E-state index in [1.54, 1.807) is 6.92 Å². The molecule has 1 rings (SSSR count). The van der Waals surface area contributed by atoms with E-state index in [0.29, 0.717) is 0 Å². The van der Waals surface area contributed by atoms with E-state index in [0.717, 1.165) is 0 Å². The quantitative estimate of drug-likeness (QED) is 0.791. The van der Waals surface area contributed by atoms with Crippen molar-refractivity contribution in [2.75, 3.05) is 0 Å². The summed E-state index contributed by atoms with van der Waals surface area (Å²) in [7, 11) is -3.95. The molecule has 0 fully saturated rings. The molecule has 0 aliphatic rings. The van der Waals surface area contributed by atoms with Crippen molar-refractivity contribution in [3.05, 3.63) is 29.7 Å². The summed E-state index contributed by atoms with van der Waals surface area (Å²) >= 11 is 0. The lowest BCUT2D eigenvalue weighted by molar-refractivity contribution is 0.0691. The highest BCUT2D eigenvalue weighted by molar-refractivity contribution is 7.89. The van der Waals surface area contributed by atoms with E-state index in [9.17, 15) is 13.2 Å². The van der Waals surface area contributed by atoms with E-state index in [1.165, 1.54) is 19.9 Å². The average Bonchev–Trinajstić information content (AvgIpc) is 2.53. The normalized spacial score (nSPS) is 13.3. The van der Waals surface area contributed by atoms with Crippen LogP contribution in [0.2, 0.25) is 0 Å². The molecule has 0 aliphatic carbocycles. The minimum atomic E-state index is -3.95. The molecule has 0 radical (unpaired) electrons. The number of carboxylic acid groups (broad SMARTS) is 1. The molecule has 0 saturated heterocycles. The van der Waals surface area contributed by atoms with Crippen molar-refractivity contribution in [3.63, 3.8) is 0 Å². The zero-order valence-corrected chi connectivity index (χ0v) is 11.2. The molecule has 100 valence electrons. The summed E-state index contributed by atoms with van der Waals surface area (Å²) in [6.45, 7) is 7.87. The van der Waals surface area contributed by atoms with E-state index < -0.39 is 22.0 Å². The number of carboxylic acids is 1. The third-order valence-corrected chi connectivity index (χ3v) is 4.09. The largest absolute Gasteiger partial charge is 0.478 e. The monoisotopic (exact) mass is 273 g/mol. The lowest BCUT2D eigenvalue weighted by Gasteiger charge is -2.10. The molecule has 1 heterocycles. The van der Waals surface area contributed by atoms with E-state index in [-0.39, 0.29) is 22.0 Å². The third kappa shape index (κ3) is 2.62. The smallest absolute Gasteiger partial charge is 0.340 e. The van der Waals surface area contributed by atoms with E-state index in [1.807, 2.05) is 0 Å². The predicted molar refractivity (Wildman–Crippen MR) is 65.1 cm³/mol. The Labute approximate surface area is 105 Å². The maximum atomic E-state index is 12.1. The Hall–Kier alpha value is -1.60. The molecule has 0 aliphatic heterocycles. The molecule has 6 nitrogen and oxygen atoms in total. The fraction of sp³-hybridized carbons (Fsp3) is 0.364. The van der Waals surface area contributed by atoms with Crippen molar-refractivity contribution in [1.82, 2.24) is 4.72 Å². The number of furan rings is 1. The molecular formula is C11H15NO5S. The molecule has 7 heteroatoms. The van der Waals surface area contributed by atoms with Crippen LogP contribution >= 0.6 is 0 Å². The van der Waals surface area contributed by atoms with E-state index in [2.05, 4.69) is 11.3 Å². The molecule has 0 aromatic carbocycles. The van der Waals surface area contributed by atoms with Gasteiger partial charge in [-0.15, -0.1) is 6.58 Å². The van der Waals surface area contributed by atoms with Crippen LogP contribution in [-0.4, -0.2) is 25.5 Å². The van der Waals surface area contributed by atoms with Crippen LogP contribution in [0.1, 0.15) is 28.8 Å². The maximum absolute atomic E-state index is 12.1. The van der Waals surface area contributed by atoms with Crippen molar-refractivity contribution in [3.8, 4) is 0 Å². The number of aromatic carboxylic acids is 1. The van der Waals surface area contributed by atoms with Gasteiger partial charge in [-0.05, 0) is 20.8 Å². The molecule has 0 saturated carbocycles. The van der Waals surface area contributed by atoms with Gasteiger partial charge in [0.15, 0.2) is 0 Å². The number of rotatable bonds is 5. The standard InChI is InChI=1S/C11H15NO5S/c1-5-6(2)12-18(15,16)10-8(4)17-7(3)9(10)11(13)14/h5-6,12H,1H2,2-4H3,(H,13,14). The van der Waals surface area contributed by atoms with E-state index in [4.69, 9.17) is 9.52 Å². The van der Waals surface area contributed by atoms with Gasteiger partial charge in [0.25, 0.3) is 0 Å². The van der Waals surface area contributed by atoms with Crippen molar-refractivity contribution >= 4 is 16.0 Å². The third-order valence-electron chi connectivity index (χ3n) is 2.38. The van der Waals surface area contributed by atoms with Crippen molar-refractivity contribution in [2.24, 2.45) is 0 Å². The van der Waals surface area contributed by atoms with Gasteiger partial charge in [-0.25, -0.2) is 17.9 Å². The van der Waals surface area contributed by atoms with Gasteiger partial charge in [0.2, 0.25) is 10.0 Å². The summed E-state index contributed by atoms with van der Waals surface area (Å²) in [4.78, 5) is 10.8. The van der Waals surface area contributed by atoms with Crippen molar-refractivity contribution < 1.29 is 22.7 Å². The van der Waals surface area contributed by atoms with E-state index >= 15 is 0 Å². The summed E-state index contributed by atoms with van der Waals surface area (Å²) in [5.74, 6) is -1.23. The van der Waals surface area contributed by atoms with Gasteiger partial charge in [0.05, 0.1) is 0 Å². The highest BCUT2D eigenvalue weighted by Crippen LogP contribution is 2.26. The van der Waals surface area contributed by atoms with Gasteiger partial charge in [-0.1, -0.05) is 6.08 Å². The first kappa shape index (κ1) is 14.5. The lowest BCUT2D eigenvalue weighted by Crippen LogP contribution is -2.32. The second-order valence-corrected chi connectivity index (χ2v) is 5.52. The first-order valence-electron chi connectivity index (χ1n) is 5.19. The molecule has 1 aromatic rings. The summed E-state index contributed by atoms with van der Waals surface area (Å²) in [5.41, 5.74) is -0.337. The van der Waals surface area contributed by atoms with Crippen LogP contribution in [0.5, 0.6) is 0 Å². The Morgan fingerprint density at radius 3 is 2.44 bits per heavy atom. The van der Waals surface area contributed by atoms with Crippen LogP contribution < -0.4 is 4.72 Å². The number of carbonyl (C=O) groups is 1. The maximum Gasteiger partial charge on any atom is 0.340 e. The van der Waals surface area contributed by atoms with Gasteiger partial charge in [-0.2, -0.15) is 0 Å². The molecule has 1 aromatic heterocycles. The summed E-state index contributed by atoms with van der Waals surface area (Å²) in [5, 5.41) is 9.04. The molecule has 0 amide bonds. The summed E-state index contributed by atoms with van der Waals surface area (Å²) < 4.78 is 31.5. The second kappa shape index (κ2) is 4.95. The van der Waals surface area contributed by atoms with Gasteiger partial charge in [0, 0.05) is 6.04 Å². The number of sulfonamides is 1. The van der Waals surface area contributed by atoms with Crippen LogP contribution in [0.25, 0.3) is 0 Å². The number of hydrogen-bond acceptors (Lipinski definition) is 4. The molecular weight excluding hydrogens is 258 g/mol.